The van der Waals surface area contributed by atoms with Crippen molar-refractivity contribution in [2.45, 2.75) is 26.4 Å². The summed E-state index contributed by atoms with van der Waals surface area (Å²) in [6, 6.07) is 2.73. The van der Waals surface area contributed by atoms with E-state index in [9.17, 15) is 22.4 Å². The Morgan fingerprint density at radius 3 is 2.40 bits per heavy atom. The number of halogens is 4. The molecule has 0 N–H and O–H groups in total. The quantitative estimate of drug-likeness (QED) is 0.769. The van der Waals surface area contributed by atoms with Crippen molar-refractivity contribution in [1.82, 2.24) is 4.90 Å². The highest BCUT2D eigenvalue weighted by Gasteiger charge is 2.36. The molecule has 1 rings (SSSR count). The summed E-state index contributed by atoms with van der Waals surface area (Å²) in [5.41, 5.74) is -1.97. The van der Waals surface area contributed by atoms with Crippen LogP contribution in [-0.4, -0.2) is 24.4 Å². The lowest BCUT2D eigenvalue weighted by atomic mass is 10.1. The highest BCUT2D eigenvalue weighted by atomic mass is 19.4. The lowest BCUT2D eigenvalue weighted by Gasteiger charge is -2.19. The summed E-state index contributed by atoms with van der Waals surface area (Å²) >= 11 is 0. The van der Waals surface area contributed by atoms with Crippen LogP contribution in [0.15, 0.2) is 18.2 Å². The Hall–Kier alpha value is -1.59. The molecule has 0 unspecified atom stereocenters. The van der Waals surface area contributed by atoms with Crippen LogP contribution in [0.25, 0.3) is 0 Å². The second kappa shape index (κ2) is 6.24. The summed E-state index contributed by atoms with van der Waals surface area (Å²) in [6.45, 7) is 4.29. The molecule has 6 heteroatoms. The lowest BCUT2D eigenvalue weighted by molar-refractivity contribution is -0.140. The number of benzene rings is 1. The van der Waals surface area contributed by atoms with E-state index in [1.807, 2.05) is 13.8 Å². The standard InChI is InChI=1S/C14H17F4NO/c1-9(2)7-8-19(3)13(20)10-5-4-6-11(12(10)15)14(16,17)18/h4-6,9H,7-8H2,1-3H3. The summed E-state index contributed by atoms with van der Waals surface area (Å²) in [4.78, 5) is 13.2. The zero-order chi connectivity index (χ0) is 15.5. The van der Waals surface area contributed by atoms with Crippen molar-refractivity contribution in [2.75, 3.05) is 13.6 Å². The Kier molecular flexibility index (Phi) is 5.14. The lowest BCUT2D eigenvalue weighted by Crippen LogP contribution is -2.29. The van der Waals surface area contributed by atoms with Gasteiger partial charge in [-0.3, -0.25) is 4.79 Å². The minimum absolute atomic E-state index is 0.344. The van der Waals surface area contributed by atoms with E-state index in [-0.39, 0.29) is 0 Å². The van der Waals surface area contributed by atoms with Crippen LogP contribution in [0.5, 0.6) is 0 Å². The second-order valence-electron chi connectivity index (χ2n) is 5.07. The molecular weight excluding hydrogens is 274 g/mol. The molecule has 0 aliphatic carbocycles. The zero-order valence-corrected chi connectivity index (χ0v) is 11.6. The molecule has 1 amide bonds. The molecule has 20 heavy (non-hydrogen) atoms. The van der Waals surface area contributed by atoms with Gasteiger partial charge in [-0.2, -0.15) is 13.2 Å². The van der Waals surface area contributed by atoms with Gasteiger partial charge in [0.15, 0.2) is 0 Å². The van der Waals surface area contributed by atoms with Gasteiger partial charge in [0.25, 0.3) is 5.91 Å². The third-order valence-corrected chi connectivity index (χ3v) is 2.92. The Labute approximate surface area is 115 Å². The smallest absolute Gasteiger partial charge is 0.342 e. The second-order valence-corrected chi connectivity index (χ2v) is 5.07. The van der Waals surface area contributed by atoms with E-state index < -0.39 is 29.0 Å². The molecule has 1 aromatic rings. The summed E-state index contributed by atoms with van der Waals surface area (Å²) in [5.74, 6) is -1.91. The van der Waals surface area contributed by atoms with Crippen molar-refractivity contribution in [3.63, 3.8) is 0 Å². The number of alkyl halides is 3. The monoisotopic (exact) mass is 291 g/mol. The van der Waals surface area contributed by atoms with E-state index in [0.717, 1.165) is 12.1 Å². The zero-order valence-electron chi connectivity index (χ0n) is 11.6. The van der Waals surface area contributed by atoms with Crippen LogP contribution in [0.2, 0.25) is 0 Å². The fourth-order valence-electron chi connectivity index (χ4n) is 1.68. The van der Waals surface area contributed by atoms with Crippen molar-refractivity contribution in [2.24, 2.45) is 5.92 Å². The van der Waals surface area contributed by atoms with Gasteiger partial charge in [-0.1, -0.05) is 19.9 Å². The van der Waals surface area contributed by atoms with Crippen molar-refractivity contribution in [3.05, 3.63) is 35.1 Å². The summed E-state index contributed by atoms with van der Waals surface area (Å²) in [6.07, 6.45) is -4.11. The Morgan fingerprint density at radius 2 is 1.90 bits per heavy atom. The van der Waals surface area contributed by atoms with Gasteiger partial charge < -0.3 is 4.90 Å². The first-order chi connectivity index (χ1) is 9.14. The molecule has 2 nitrogen and oxygen atoms in total. The van der Waals surface area contributed by atoms with Crippen LogP contribution in [0.1, 0.15) is 36.2 Å². The van der Waals surface area contributed by atoms with Gasteiger partial charge in [-0.15, -0.1) is 0 Å². The highest BCUT2D eigenvalue weighted by molar-refractivity contribution is 5.94. The minimum atomic E-state index is -4.81. The molecule has 0 heterocycles. The van der Waals surface area contributed by atoms with E-state index in [0.29, 0.717) is 24.9 Å². The molecule has 0 saturated carbocycles. The van der Waals surface area contributed by atoms with Crippen molar-refractivity contribution >= 4 is 5.91 Å². The number of hydrogen-bond acceptors (Lipinski definition) is 1. The Morgan fingerprint density at radius 1 is 1.30 bits per heavy atom. The van der Waals surface area contributed by atoms with Crippen LogP contribution >= 0.6 is 0 Å². The minimum Gasteiger partial charge on any atom is -0.342 e. The van der Waals surface area contributed by atoms with Crippen LogP contribution < -0.4 is 0 Å². The maximum atomic E-state index is 13.8. The van der Waals surface area contributed by atoms with Crippen LogP contribution in [-0.2, 0) is 6.18 Å². The molecule has 0 aromatic heterocycles. The number of rotatable bonds is 4. The molecule has 0 spiro atoms. The fraction of sp³-hybridized carbons (Fsp3) is 0.500. The van der Waals surface area contributed by atoms with E-state index in [1.54, 1.807) is 0 Å². The van der Waals surface area contributed by atoms with E-state index in [1.165, 1.54) is 11.9 Å². The van der Waals surface area contributed by atoms with Gasteiger partial charge in [-0.05, 0) is 24.5 Å². The maximum absolute atomic E-state index is 13.8. The Balaban J connectivity index is 3.00. The molecule has 112 valence electrons. The maximum Gasteiger partial charge on any atom is 0.419 e. The summed E-state index contributed by atoms with van der Waals surface area (Å²) in [5, 5.41) is 0. The van der Waals surface area contributed by atoms with Crippen LogP contribution in [0.4, 0.5) is 17.6 Å². The fourth-order valence-corrected chi connectivity index (χ4v) is 1.68. The number of nitrogens with zero attached hydrogens (tertiary/aromatic N) is 1. The van der Waals surface area contributed by atoms with Gasteiger partial charge in [0.1, 0.15) is 5.82 Å². The predicted octanol–water partition coefficient (Wildman–Crippen LogP) is 3.96. The van der Waals surface area contributed by atoms with Gasteiger partial charge >= 0.3 is 6.18 Å². The molecule has 0 bridgehead atoms. The average molecular weight is 291 g/mol. The summed E-state index contributed by atoms with van der Waals surface area (Å²) < 4.78 is 51.6. The largest absolute Gasteiger partial charge is 0.419 e. The molecular formula is C14H17F4NO. The van der Waals surface area contributed by atoms with Gasteiger partial charge in [0, 0.05) is 13.6 Å². The molecule has 0 aliphatic heterocycles. The average Bonchev–Trinajstić information content (AvgIpc) is 2.33. The molecule has 1 aromatic carbocycles. The molecule has 0 fully saturated rings. The summed E-state index contributed by atoms with van der Waals surface area (Å²) in [7, 11) is 1.45. The number of amides is 1. The molecule has 0 saturated heterocycles. The number of carbonyl (C=O) groups is 1. The van der Waals surface area contributed by atoms with Crippen LogP contribution in [0.3, 0.4) is 0 Å². The molecule has 0 aliphatic rings. The first kappa shape index (κ1) is 16.5. The third kappa shape index (κ3) is 3.95. The highest BCUT2D eigenvalue weighted by Crippen LogP contribution is 2.32. The van der Waals surface area contributed by atoms with Crippen molar-refractivity contribution < 1.29 is 22.4 Å². The number of hydrogen-bond donors (Lipinski definition) is 0. The molecule has 0 radical (unpaired) electrons. The Bertz CT molecular complexity index is 483. The van der Waals surface area contributed by atoms with Crippen molar-refractivity contribution in [3.8, 4) is 0 Å². The number of carbonyl (C=O) groups excluding carboxylic acids is 1. The normalized spacial score (nSPS) is 11.8. The van der Waals surface area contributed by atoms with E-state index in [4.69, 9.17) is 0 Å². The topological polar surface area (TPSA) is 20.3 Å². The van der Waals surface area contributed by atoms with Gasteiger partial charge in [0.2, 0.25) is 0 Å². The first-order valence-electron chi connectivity index (χ1n) is 6.25. The van der Waals surface area contributed by atoms with Gasteiger partial charge in [-0.25, -0.2) is 4.39 Å². The van der Waals surface area contributed by atoms with E-state index in [2.05, 4.69) is 0 Å². The third-order valence-electron chi connectivity index (χ3n) is 2.92. The van der Waals surface area contributed by atoms with Gasteiger partial charge in [0.05, 0.1) is 11.1 Å². The van der Waals surface area contributed by atoms with Crippen LogP contribution in [0, 0.1) is 11.7 Å². The van der Waals surface area contributed by atoms with Crippen molar-refractivity contribution in [1.29, 1.82) is 0 Å². The van der Waals surface area contributed by atoms with E-state index >= 15 is 0 Å². The first-order valence-corrected chi connectivity index (χ1v) is 6.25. The predicted molar refractivity (Wildman–Crippen MR) is 67.8 cm³/mol. The SMILES string of the molecule is CC(C)CCN(C)C(=O)c1cccc(C(F)(F)F)c1F. The molecule has 0 atom stereocenters.